The number of aryl methyl sites for hydroxylation is 2. The summed E-state index contributed by atoms with van der Waals surface area (Å²) < 4.78 is 0. The third-order valence-corrected chi connectivity index (χ3v) is 5.79. The van der Waals surface area contributed by atoms with Gasteiger partial charge in [-0.05, 0) is 49.1 Å². The van der Waals surface area contributed by atoms with E-state index >= 15 is 0 Å². The fourth-order valence-corrected chi connectivity index (χ4v) is 4.25. The second kappa shape index (κ2) is 6.52. The van der Waals surface area contributed by atoms with Crippen molar-refractivity contribution in [3.05, 3.63) is 65.2 Å². The number of thioether (sulfide) groups is 1. The Kier molecular flexibility index (Phi) is 4.22. The van der Waals surface area contributed by atoms with E-state index in [9.17, 15) is 4.79 Å². The van der Waals surface area contributed by atoms with E-state index in [2.05, 4.69) is 44.2 Å². The summed E-state index contributed by atoms with van der Waals surface area (Å²) in [5.74, 6) is 0.570. The van der Waals surface area contributed by atoms with E-state index in [1.165, 1.54) is 22.9 Å². The first-order chi connectivity index (χ1) is 12.1. The number of hydrogen-bond acceptors (Lipinski definition) is 3. The first-order valence-corrected chi connectivity index (χ1v) is 9.50. The van der Waals surface area contributed by atoms with Crippen LogP contribution in [0.25, 0.3) is 10.9 Å². The Morgan fingerprint density at radius 3 is 2.84 bits per heavy atom. The molecule has 0 aliphatic carbocycles. The lowest BCUT2D eigenvalue weighted by molar-refractivity contribution is -0.116. The minimum atomic E-state index is 0.154. The van der Waals surface area contributed by atoms with Crippen molar-refractivity contribution in [3.63, 3.8) is 0 Å². The highest BCUT2D eigenvalue weighted by Crippen LogP contribution is 2.30. The molecule has 1 amide bonds. The van der Waals surface area contributed by atoms with E-state index in [-0.39, 0.29) is 5.91 Å². The van der Waals surface area contributed by atoms with Gasteiger partial charge in [-0.3, -0.25) is 4.79 Å². The monoisotopic (exact) mass is 348 g/mol. The smallest absolute Gasteiger partial charge is 0.237 e. The van der Waals surface area contributed by atoms with Crippen LogP contribution in [0.3, 0.4) is 0 Å². The Hall–Kier alpha value is -2.33. The second-order valence-electron chi connectivity index (χ2n) is 6.47. The summed E-state index contributed by atoms with van der Waals surface area (Å²) in [7, 11) is 0. The number of nitrogens with zero attached hydrogens (tertiary/aromatic N) is 2. The standard InChI is InChI=1S/C21H20N2OS/c1-14-6-5-8-17-12-15(2)21(22-20(14)17)25-13-19(24)23-11-10-16-7-3-4-9-18(16)23/h3-9,12H,10-11,13H2,1-2H3. The van der Waals surface area contributed by atoms with Crippen LogP contribution in [0.15, 0.2) is 53.6 Å². The molecule has 1 aliphatic heterocycles. The maximum absolute atomic E-state index is 12.7. The molecule has 4 heteroatoms. The summed E-state index contributed by atoms with van der Waals surface area (Å²) >= 11 is 1.54. The Labute approximate surface area is 152 Å². The molecule has 0 radical (unpaired) electrons. The van der Waals surface area contributed by atoms with Crippen LogP contribution in [-0.2, 0) is 11.2 Å². The molecule has 126 valence electrons. The molecule has 3 nitrogen and oxygen atoms in total. The van der Waals surface area contributed by atoms with Crippen LogP contribution in [0.2, 0.25) is 0 Å². The van der Waals surface area contributed by atoms with Crippen molar-refractivity contribution in [1.29, 1.82) is 0 Å². The van der Waals surface area contributed by atoms with Gasteiger partial charge in [-0.15, -0.1) is 0 Å². The molecule has 0 saturated carbocycles. The normalized spacial score (nSPS) is 13.3. The first-order valence-electron chi connectivity index (χ1n) is 8.51. The van der Waals surface area contributed by atoms with E-state index < -0.39 is 0 Å². The molecule has 0 spiro atoms. The Bertz CT molecular complexity index is 967. The van der Waals surface area contributed by atoms with Gasteiger partial charge in [-0.1, -0.05) is 48.2 Å². The molecule has 1 aromatic heterocycles. The fourth-order valence-electron chi connectivity index (χ4n) is 3.39. The Balaban J connectivity index is 1.54. The highest BCUT2D eigenvalue weighted by molar-refractivity contribution is 8.00. The van der Waals surface area contributed by atoms with Crippen molar-refractivity contribution in [2.75, 3.05) is 17.2 Å². The zero-order valence-corrected chi connectivity index (χ0v) is 15.3. The number of fused-ring (bicyclic) bond motifs is 2. The van der Waals surface area contributed by atoms with Gasteiger partial charge in [0.15, 0.2) is 0 Å². The van der Waals surface area contributed by atoms with Gasteiger partial charge < -0.3 is 4.90 Å². The largest absolute Gasteiger partial charge is 0.311 e. The molecule has 25 heavy (non-hydrogen) atoms. The summed E-state index contributed by atoms with van der Waals surface area (Å²) in [5.41, 5.74) is 5.63. The number of carbonyl (C=O) groups is 1. The molecule has 4 rings (SSSR count). The minimum absolute atomic E-state index is 0.154. The number of benzene rings is 2. The second-order valence-corrected chi connectivity index (χ2v) is 7.43. The van der Waals surface area contributed by atoms with E-state index in [4.69, 9.17) is 4.98 Å². The molecule has 2 heterocycles. The summed E-state index contributed by atoms with van der Waals surface area (Å²) in [4.78, 5) is 19.4. The average Bonchev–Trinajstić information content (AvgIpc) is 3.04. The van der Waals surface area contributed by atoms with E-state index in [1.54, 1.807) is 0 Å². The van der Waals surface area contributed by atoms with Crippen molar-refractivity contribution in [1.82, 2.24) is 4.98 Å². The van der Waals surface area contributed by atoms with Gasteiger partial charge in [0.1, 0.15) is 5.03 Å². The van der Waals surface area contributed by atoms with Crippen molar-refractivity contribution < 1.29 is 4.79 Å². The van der Waals surface area contributed by atoms with Crippen molar-refractivity contribution in [2.45, 2.75) is 25.3 Å². The number of pyridine rings is 1. The maximum atomic E-state index is 12.7. The van der Waals surface area contributed by atoms with Crippen LogP contribution in [0, 0.1) is 13.8 Å². The van der Waals surface area contributed by atoms with Gasteiger partial charge >= 0.3 is 0 Å². The summed E-state index contributed by atoms with van der Waals surface area (Å²) in [6.45, 7) is 4.92. The van der Waals surface area contributed by atoms with Crippen LogP contribution >= 0.6 is 11.8 Å². The number of amides is 1. The zero-order valence-electron chi connectivity index (χ0n) is 14.5. The van der Waals surface area contributed by atoms with Crippen LogP contribution in [0.4, 0.5) is 5.69 Å². The summed E-state index contributed by atoms with van der Waals surface area (Å²) in [6.07, 6.45) is 0.943. The summed E-state index contributed by atoms with van der Waals surface area (Å²) in [5, 5.41) is 2.10. The van der Waals surface area contributed by atoms with Gasteiger partial charge in [0.05, 0.1) is 11.3 Å². The molecule has 0 saturated heterocycles. The summed E-state index contributed by atoms with van der Waals surface area (Å²) in [6, 6.07) is 16.5. The predicted molar refractivity (Wildman–Crippen MR) is 104 cm³/mol. The van der Waals surface area contributed by atoms with Crippen molar-refractivity contribution >= 4 is 34.3 Å². The van der Waals surface area contributed by atoms with Gasteiger partial charge in [0.25, 0.3) is 0 Å². The van der Waals surface area contributed by atoms with Crippen LogP contribution in [-0.4, -0.2) is 23.2 Å². The number of para-hydroxylation sites is 2. The molecule has 0 unspecified atom stereocenters. The molecule has 0 atom stereocenters. The predicted octanol–water partition coefficient (Wildman–Crippen LogP) is 4.53. The van der Waals surface area contributed by atoms with E-state index in [0.717, 1.165) is 40.1 Å². The lowest BCUT2D eigenvalue weighted by atomic mass is 10.1. The highest BCUT2D eigenvalue weighted by atomic mass is 32.2. The fraction of sp³-hybridized carbons (Fsp3) is 0.238. The van der Waals surface area contributed by atoms with E-state index in [0.29, 0.717) is 5.75 Å². The Morgan fingerprint density at radius 2 is 1.96 bits per heavy atom. The lowest BCUT2D eigenvalue weighted by Gasteiger charge is -2.17. The van der Waals surface area contributed by atoms with Crippen molar-refractivity contribution in [2.24, 2.45) is 0 Å². The number of rotatable bonds is 3. The first kappa shape index (κ1) is 16.2. The topological polar surface area (TPSA) is 33.2 Å². The molecule has 2 aromatic carbocycles. The Morgan fingerprint density at radius 1 is 1.12 bits per heavy atom. The quantitative estimate of drug-likeness (QED) is 0.652. The molecule has 3 aromatic rings. The molecular formula is C21H20N2OS. The number of anilines is 1. The van der Waals surface area contributed by atoms with Crippen LogP contribution in [0.5, 0.6) is 0 Å². The van der Waals surface area contributed by atoms with Crippen molar-refractivity contribution in [3.8, 4) is 0 Å². The third-order valence-electron chi connectivity index (χ3n) is 4.71. The molecular weight excluding hydrogens is 328 g/mol. The highest BCUT2D eigenvalue weighted by Gasteiger charge is 2.24. The number of aromatic nitrogens is 1. The maximum Gasteiger partial charge on any atom is 0.237 e. The molecule has 1 aliphatic rings. The molecule has 0 bridgehead atoms. The van der Waals surface area contributed by atoms with Gasteiger partial charge in [0, 0.05) is 17.6 Å². The van der Waals surface area contributed by atoms with Crippen LogP contribution in [0.1, 0.15) is 16.7 Å². The minimum Gasteiger partial charge on any atom is -0.311 e. The van der Waals surface area contributed by atoms with Crippen LogP contribution < -0.4 is 4.90 Å². The lowest BCUT2D eigenvalue weighted by Crippen LogP contribution is -2.30. The average molecular weight is 348 g/mol. The van der Waals surface area contributed by atoms with Gasteiger partial charge in [-0.25, -0.2) is 4.98 Å². The molecule has 0 N–H and O–H groups in total. The zero-order chi connectivity index (χ0) is 17.4. The van der Waals surface area contributed by atoms with E-state index in [1.807, 2.05) is 23.1 Å². The third kappa shape index (κ3) is 3.02. The number of hydrogen-bond donors (Lipinski definition) is 0. The van der Waals surface area contributed by atoms with Gasteiger partial charge in [-0.2, -0.15) is 0 Å². The SMILES string of the molecule is Cc1cc2cccc(C)c2nc1SCC(=O)N1CCc2ccccc21. The number of carbonyl (C=O) groups excluding carboxylic acids is 1. The van der Waals surface area contributed by atoms with Gasteiger partial charge in [0.2, 0.25) is 5.91 Å². The molecule has 0 fully saturated rings.